The first kappa shape index (κ1) is 29.8. The SMILES string of the molecule is CC(NC(=O)C(N)Cc1c[nH]c2ccccc12)C(=O)NC(Cc1ccccc1)C(=O)NC(CCC(N)=O)C(=O)O. The largest absolute Gasteiger partial charge is 0.480 e. The van der Waals surface area contributed by atoms with Crippen LogP contribution < -0.4 is 27.4 Å². The van der Waals surface area contributed by atoms with Gasteiger partial charge in [0, 0.05) is 29.9 Å². The first-order valence-electron chi connectivity index (χ1n) is 12.8. The van der Waals surface area contributed by atoms with Gasteiger partial charge in [-0.05, 0) is 37.0 Å². The molecule has 0 saturated carbocycles. The van der Waals surface area contributed by atoms with E-state index < -0.39 is 53.8 Å². The van der Waals surface area contributed by atoms with Crippen LogP contribution in [0.25, 0.3) is 10.9 Å². The predicted octanol–water partition coefficient (Wildman–Crippen LogP) is 0.105. The number of para-hydroxylation sites is 1. The lowest BCUT2D eigenvalue weighted by Gasteiger charge is -2.24. The predicted molar refractivity (Wildman–Crippen MR) is 148 cm³/mol. The number of hydrogen-bond acceptors (Lipinski definition) is 6. The van der Waals surface area contributed by atoms with Gasteiger partial charge in [0.05, 0.1) is 6.04 Å². The molecule has 0 aliphatic carbocycles. The Labute approximate surface area is 230 Å². The molecule has 9 N–H and O–H groups in total. The quantitative estimate of drug-likeness (QED) is 0.147. The summed E-state index contributed by atoms with van der Waals surface area (Å²) in [4.78, 5) is 64.7. The van der Waals surface area contributed by atoms with Crippen molar-refractivity contribution in [3.63, 3.8) is 0 Å². The van der Waals surface area contributed by atoms with Crippen molar-refractivity contribution in [2.24, 2.45) is 11.5 Å². The van der Waals surface area contributed by atoms with E-state index in [2.05, 4.69) is 20.9 Å². The van der Waals surface area contributed by atoms with Crippen molar-refractivity contribution >= 4 is 40.5 Å². The van der Waals surface area contributed by atoms with Gasteiger partial charge in [-0.1, -0.05) is 48.5 Å². The number of amides is 4. The molecule has 2 aromatic carbocycles. The van der Waals surface area contributed by atoms with Crippen molar-refractivity contribution in [1.29, 1.82) is 0 Å². The van der Waals surface area contributed by atoms with Gasteiger partial charge in [0.15, 0.2) is 0 Å². The molecule has 12 heteroatoms. The molecule has 3 rings (SSSR count). The molecule has 0 fully saturated rings. The number of primary amides is 1. The second kappa shape index (κ2) is 13.9. The van der Waals surface area contributed by atoms with E-state index in [9.17, 15) is 29.1 Å². The number of nitrogens with one attached hydrogen (secondary N) is 4. The number of carboxylic acids is 1. The summed E-state index contributed by atoms with van der Waals surface area (Å²) >= 11 is 0. The molecule has 12 nitrogen and oxygen atoms in total. The second-order valence-corrected chi connectivity index (χ2v) is 9.56. The molecule has 3 aromatic rings. The molecule has 0 aliphatic rings. The first-order chi connectivity index (χ1) is 19.0. The van der Waals surface area contributed by atoms with E-state index in [1.54, 1.807) is 36.5 Å². The molecular formula is C28H34N6O6. The van der Waals surface area contributed by atoms with Gasteiger partial charge in [-0.25, -0.2) is 4.79 Å². The molecular weight excluding hydrogens is 516 g/mol. The smallest absolute Gasteiger partial charge is 0.326 e. The number of carbonyl (C=O) groups excluding carboxylic acids is 4. The molecule has 212 valence electrons. The summed E-state index contributed by atoms with van der Waals surface area (Å²) in [5, 5.41) is 17.9. The summed E-state index contributed by atoms with van der Waals surface area (Å²) < 4.78 is 0. The van der Waals surface area contributed by atoms with Crippen LogP contribution in [0, 0.1) is 0 Å². The summed E-state index contributed by atoms with van der Waals surface area (Å²) in [6.07, 6.45) is 1.64. The van der Waals surface area contributed by atoms with Crippen LogP contribution in [0.15, 0.2) is 60.8 Å². The lowest BCUT2D eigenvalue weighted by atomic mass is 10.0. The van der Waals surface area contributed by atoms with Crippen LogP contribution >= 0.6 is 0 Å². The highest BCUT2D eigenvalue weighted by Gasteiger charge is 2.29. The van der Waals surface area contributed by atoms with Gasteiger partial charge in [-0.3, -0.25) is 19.2 Å². The van der Waals surface area contributed by atoms with E-state index in [0.717, 1.165) is 16.5 Å². The van der Waals surface area contributed by atoms with Crippen LogP contribution in [-0.4, -0.2) is 63.9 Å². The average molecular weight is 551 g/mol. The minimum atomic E-state index is -1.38. The zero-order chi connectivity index (χ0) is 29.2. The maximum Gasteiger partial charge on any atom is 0.326 e. The molecule has 1 heterocycles. The lowest BCUT2D eigenvalue weighted by molar-refractivity contribution is -0.142. The standard InChI is InChI=1S/C28H34N6O6/c1-16(32-26(37)20(29)14-18-15-31-21-10-6-5-9-19(18)21)25(36)34-23(13-17-7-3-2-4-8-17)27(38)33-22(28(39)40)11-12-24(30)35/h2-10,15-16,20,22-23,31H,11-14,29H2,1H3,(H2,30,35)(H,32,37)(H,33,38)(H,34,36)(H,39,40). The molecule has 0 saturated heterocycles. The summed E-state index contributed by atoms with van der Waals surface area (Å²) in [7, 11) is 0. The van der Waals surface area contributed by atoms with E-state index >= 15 is 0 Å². The number of H-pyrrole nitrogens is 1. The van der Waals surface area contributed by atoms with Gasteiger partial charge in [0.2, 0.25) is 23.6 Å². The minimum absolute atomic E-state index is 0.0569. The van der Waals surface area contributed by atoms with Crippen molar-refractivity contribution in [3.8, 4) is 0 Å². The summed E-state index contributed by atoms with van der Waals surface area (Å²) in [6.45, 7) is 1.45. The molecule has 1 aromatic heterocycles. The fraction of sp³-hybridized carbons (Fsp3) is 0.321. The monoisotopic (exact) mass is 550 g/mol. The van der Waals surface area contributed by atoms with Crippen molar-refractivity contribution < 1.29 is 29.1 Å². The number of fused-ring (bicyclic) bond motifs is 1. The first-order valence-corrected chi connectivity index (χ1v) is 12.8. The van der Waals surface area contributed by atoms with Crippen LogP contribution in [0.2, 0.25) is 0 Å². The highest BCUT2D eigenvalue weighted by molar-refractivity contribution is 5.94. The van der Waals surface area contributed by atoms with Gasteiger partial charge in [0.1, 0.15) is 18.1 Å². The van der Waals surface area contributed by atoms with Gasteiger partial charge in [-0.2, -0.15) is 0 Å². The number of aliphatic carboxylic acids is 1. The van der Waals surface area contributed by atoms with Crippen LogP contribution in [0.3, 0.4) is 0 Å². The Balaban J connectivity index is 1.65. The molecule has 40 heavy (non-hydrogen) atoms. The molecule has 0 bridgehead atoms. The van der Waals surface area contributed by atoms with Crippen molar-refractivity contribution in [2.45, 2.75) is 56.8 Å². The van der Waals surface area contributed by atoms with Gasteiger partial charge in [0.25, 0.3) is 0 Å². The van der Waals surface area contributed by atoms with E-state index in [4.69, 9.17) is 11.5 Å². The fourth-order valence-corrected chi connectivity index (χ4v) is 4.19. The van der Waals surface area contributed by atoms with Crippen molar-refractivity contribution in [3.05, 3.63) is 71.9 Å². The number of aromatic nitrogens is 1. The molecule has 4 atom stereocenters. The highest BCUT2D eigenvalue weighted by atomic mass is 16.4. The maximum atomic E-state index is 13.1. The number of rotatable bonds is 14. The van der Waals surface area contributed by atoms with Gasteiger partial charge >= 0.3 is 5.97 Å². The minimum Gasteiger partial charge on any atom is -0.480 e. The third-order valence-corrected chi connectivity index (χ3v) is 6.41. The molecule has 0 radical (unpaired) electrons. The third kappa shape index (κ3) is 8.40. The Morgan fingerprint density at radius 1 is 0.850 bits per heavy atom. The Kier molecular flexibility index (Phi) is 10.4. The Bertz CT molecular complexity index is 1360. The lowest BCUT2D eigenvalue weighted by Crippen LogP contribution is -2.57. The van der Waals surface area contributed by atoms with E-state index in [1.165, 1.54) is 6.92 Å². The summed E-state index contributed by atoms with van der Waals surface area (Å²) in [5.74, 6) is -4.02. The van der Waals surface area contributed by atoms with Gasteiger partial charge in [-0.15, -0.1) is 0 Å². The zero-order valence-corrected chi connectivity index (χ0v) is 22.1. The van der Waals surface area contributed by atoms with E-state index in [0.29, 0.717) is 5.56 Å². The molecule has 4 amide bonds. The molecule has 4 unspecified atom stereocenters. The topological polar surface area (TPSA) is 209 Å². The second-order valence-electron chi connectivity index (χ2n) is 9.56. The van der Waals surface area contributed by atoms with E-state index in [1.807, 2.05) is 24.3 Å². The number of carbonyl (C=O) groups is 5. The number of benzene rings is 2. The molecule has 0 aliphatic heterocycles. The third-order valence-electron chi connectivity index (χ3n) is 6.41. The Morgan fingerprint density at radius 2 is 1.50 bits per heavy atom. The van der Waals surface area contributed by atoms with Crippen molar-refractivity contribution in [1.82, 2.24) is 20.9 Å². The normalized spacial score (nSPS) is 13.9. The number of aromatic amines is 1. The maximum absolute atomic E-state index is 13.1. The highest BCUT2D eigenvalue weighted by Crippen LogP contribution is 2.18. The summed E-state index contributed by atoms with van der Waals surface area (Å²) in [5.41, 5.74) is 13.7. The number of hydrogen-bond donors (Lipinski definition) is 7. The zero-order valence-electron chi connectivity index (χ0n) is 22.1. The van der Waals surface area contributed by atoms with E-state index in [-0.39, 0.29) is 25.7 Å². The summed E-state index contributed by atoms with van der Waals surface area (Å²) in [6, 6.07) is 11.9. The average Bonchev–Trinajstić information content (AvgIpc) is 3.33. The Morgan fingerprint density at radius 3 is 2.17 bits per heavy atom. The van der Waals surface area contributed by atoms with Crippen LogP contribution in [0.4, 0.5) is 0 Å². The Hall–Kier alpha value is -4.71. The number of nitrogens with two attached hydrogens (primary N) is 2. The molecule has 0 spiro atoms. The van der Waals surface area contributed by atoms with Crippen LogP contribution in [0.5, 0.6) is 0 Å². The van der Waals surface area contributed by atoms with Crippen LogP contribution in [0.1, 0.15) is 30.9 Å². The van der Waals surface area contributed by atoms with Crippen LogP contribution in [-0.2, 0) is 36.8 Å². The number of carboxylic acid groups (broad SMARTS) is 1. The fourth-order valence-electron chi connectivity index (χ4n) is 4.19. The van der Waals surface area contributed by atoms with Gasteiger partial charge < -0.3 is 37.5 Å². The van der Waals surface area contributed by atoms with Crippen molar-refractivity contribution in [2.75, 3.05) is 0 Å².